The van der Waals surface area contributed by atoms with Crippen LogP contribution in [0, 0.1) is 21.2 Å². The number of carbonyl (C=O) groups is 1. The summed E-state index contributed by atoms with van der Waals surface area (Å²) in [6.45, 7) is 1.97. The number of carbonyl (C=O) groups excluding carboxylic acids is 1. The number of esters is 1. The van der Waals surface area contributed by atoms with Crippen molar-refractivity contribution in [2.24, 2.45) is 11.8 Å². The number of rotatable bonds is 4. The van der Waals surface area contributed by atoms with Crippen molar-refractivity contribution in [2.45, 2.75) is 32.2 Å². The second-order valence-corrected chi connectivity index (χ2v) is 9.07. The molecule has 0 amide bonds. The number of benzene rings is 1. The van der Waals surface area contributed by atoms with Crippen LogP contribution < -0.4 is 5.32 Å². The summed E-state index contributed by atoms with van der Waals surface area (Å²) in [4.78, 5) is 16.7. The van der Waals surface area contributed by atoms with Crippen molar-refractivity contribution in [3.63, 3.8) is 0 Å². The normalized spacial score (nSPS) is 23.8. The molecule has 3 saturated carbocycles. The molecule has 0 saturated heterocycles. The molecule has 3 atom stereocenters. The number of ether oxygens (including phenoxy) is 1. The summed E-state index contributed by atoms with van der Waals surface area (Å²) in [7, 11) is 0. The number of nitrogens with one attached hydrogen (secondary N) is 1. The van der Waals surface area contributed by atoms with Gasteiger partial charge in [-0.1, -0.05) is 11.6 Å². The third-order valence-electron chi connectivity index (χ3n) is 5.39. The molecule has 138 valence electrons. The Morgan fingerprint density at radius 1 is 1.50 bits per heavy atom. The van der Waals surface area contributed by atoms with Crippen molar-refractivity contribution in [2.75, 3.05) is 11.9 Å². The predicted molar refractivity (Wildman–Crippen MR) is 111 cm³/mol. The van der Waals surface area contributed by atoms with Gasteiger partial charge in [-0.3, -0.25) is 0 Å². The Bertz CT molecular complexity index is 912. The fourth-order valence-electron chi connectivity index (χ4n) is 4.11. The number of anilines is 1. The van der Waals surface area contributed by atoms with E-state index in [2.05, 4.69) is 48.8 Å². The quantitative estimate of drug-likeness (QED) is 0.226. The highest BCUT2D eigenvalue weighted by atomic mass is 127. The highest BCUT2D eigenvalue weighted by Crippen LogP contribution is 2.51. The van der Waals surface area contributed by atoms with E-state index in [9.17, 15) is 9.18 Å². The Labute approximate surface area is 177 Å². The molecule has 1 aromatic heterocycles. The summed E-state index contributed by atoms with van der Waals surface area (Å²) >= 11 is 11.6. The topological polar surface area (TPSA) is 51.2 Å². The molecular formula is C18H16BrClFIN2O2. The summed E-state index contributed by atoms with van der Waals surface area (Å²) in [6, 6.07) is 2.10. The molecule has 3 fully saturated rings. The number of aromatic nitrogens is 1. The zero-order valence-corrected chi connectivity index (χ0v) is 18.4. The molecule has 2 bridgehead atoms. The van der Waals surface area contributed by atoms with Crippen LogP contribution in [0.3, 0.4) is 0 Å². The Balaban J connectivity index is 1.93. The molecule has 1 aromatic carbocycles. The second kappa shape index (κ2) is 7.05. The lowest BCUT2D eigenvalue weighted by Crippen LogP contribution is -2.41. The fraction of sp³-hybridized carbons (Fsp3) is 0.444. The molecule has 0 aliphatic heterocycles. The molecule has 5 rings (SSSR count). The van der Waals surface area contributed by atoms with Crippen LogP contribution in [0.5, 0.6) is 0 Å². The van der Waals surface area contributed by atoms with Gasteiger partial charge in [-0.15, -0.1) is 0 Å². The van der Waals surface area contributed by atoms with Crippen LogP contribution in [0.1, 0.15) is 36.5 Å². The zero-order chi connectivity index (χ0) is 18.6. The molecule has 1 heterocycles. The van der Waals surface area contributed by atoms with Gasteiger partial charge >= 0.3 is 5.97 Å². The van der Waals surface area contributed by atoms with Gasteiger partial charge in [0.2, 0.25) is 0 Å². The van der Waals surface area contributed by atoms with E-state index in [1.165, 1.54) is 19.3 Å². The minimum Gasteiger partial charge on any atom is -0.462 e. The van der Waals surface area contributed by atoms with Crippen molar-refractivity contribution < 1.29 is 13.9 Å². The fourth-order valence-corrected chi connectivity index (χ4v) is 5.22. The molecule has 8 heteroatoms. The minimum absolute atomic E-state index is 0.0443. The monoisotopic (exact) mass is 552 g/mol. The number of pyridine rings is 1. The van der Waals surface area contributed by atoms with Gasteiger partial charge in [0.1, 0.15) is 16.2 Å². The average molecular weight is 554 g/mol. The van der Waals surface area contributed by atoms with E-state index in [0.29, 0.717) is 31.0 Å². The van der Waals surface area contributed by atoms with Gasteiger partial charge in [0.25, 0.3) is 0 Å². The van der Waals surface area contributed by atoms with E-state index >= 15 is 0 Å². The lowest BCUT2D eigenvalue weighted by Gasteiger charge is -2.37. The van der Waals surface area contributed by atoms with E-state index < -0.39 is 11.8 Å². The van der Waals surface area contributed by atoms with Gasteiger partial charge in [-0.2, -0.15) is 0 Å². The van der Waals surface area contributed by atoms with Crippen LogP contribution in [-0.4, -0.2) is 23.6 Å². The maximum Gasteiger partial charge on any atom is 0.343 e. The van der Waals surface area contributed by atoms with Gasteiger partial charge in [0.05, 0.1) is 16.8 Å². The first-order chi connectivity index (χ1) is 12.4. The van der Waals surface area contributed by atoms with Gasteiger partial charge in [-0.25, -0.2) is 14.2 Å². The first-order valence-corrected chi connectivity index (χ1v) is 10.8. The van der Waals surface area contributed by atoms with Crippen LogP contribution in [0.25, 0.3) is 10.9 Å². The van der Waals surface area contributed by atoms with Gasteiger partial charge in [0.15, 0.2) is 5.82 Å². The minimum atomic E-state index is -0.542. The first-order valence-electron chi connectivity index (χ1n) is 8.52. The Kier molecular flexibility index (Phi) is 5.07. The van der Waals surface area contributed by atoms with Crippen LogP contribution in [0.4, 0.5) is 10.1 Å². The van der Waals surface area contributed by atoms with E-state index in [0.717, 1.165) is 0 Å². The molecule has 3 aliphatic carbocycles. The summed E-state index contributed by atoms with van der Waals surface area (Å²) in [6.07, 6.45) is 3.58. The zero-order valence-electron chi connectivity index (χ0n) is 13.9. The lowest BCUT2D eigenvalue weighted by molar-refractivity contribution is 0.0527. The maximum absolute atomic E-state index is 14.8. The number of fused-ring (bicyclic) bond motifs is 2. The number of nitrogens with zero attached hydrogens (tertiary/aromatic N) is 1. The van der Waals surface area contributed by atoms with Crippen LogP contribution in [0.2, 0.25) is 5.15 Å². The van der Waals surface area contributed by atoms with Crippen molar-refractivity contribution >= 4 is 72.7 Å². The molecule has 4 nitrogen and oxygen atoms in total. The van der Waals surface area contributed by atoms with Crippen molar-refractivity contribution in [3.8, 4) is 0 Å². The van der Waals surface area contributed by atoms with E-state index in [1.54, 1.807) is 6.92 Å². The SMILES string of the molecule is CCOC(=O)c1c(Cl)nc2c(F)c(Br)c(I)cc2c1NC1C2CC[C@H]1C2. The predicted octanol–water partition coefficient (Wildman–Crippen LogP) is 5.78. The molecule has 0 radical (unpaired) electrons. The molecular weight excluding hydrogens is 537 g/mol. The van der Waals surface area contributed by atoms with E-state index in [4.69, 9.17) is 16.3 Å². The standard InChI is InChI=1S/C18H16BrClFIN2O2/c1-2-26-18(25)11-15(23-14-7-3-4-8(14)5-7)9-6-10(22)12(19)13(21)16(9)24-17(11)20/h6-8,14H,2-5H2,1H3,(H,23,24)/t7-,8?,14?/m0/s1. The van der Waals surface area contributed by atoms with Crippen molar-refractivity contribution in [3.05, 3.63) is 30.6 Å². The van der Waals surface area contributed by atoms with Crippen LogP contribution in [-0.2, 0) is 4.74 Å². The van der Waals surface area contributed by atoms with E-state index in [-0.39, 0.29) is 28.9 Å². The maximum atomic E-state index is 14.8. The highest BCUT2D eigenvalue weighted by Gasteiger charge is 2.47. The lowest BCUT2D eigenvalue weighted by atomic mass is 9.78. The third-order valence-corrected chi connectivity index (χ3v) is 8.03. The van der Waals surface area contributed by atoms with Crippen LogP contribution in [0.15, 0.2) is 10.5 Å². The van der Waals surface area contributed by atoms with Gasteiger partial charge < -0.3 is 10.1 Å². The van der Waals surface area contributed by atoms with Crippen LogP contribution >= 0.6 is 50.1 Å². The van der Waals surface area contributed by atoms with Crippen molar-refractivity contribution in [1.29, 1.82) is 0 Å². The number of halogens is 4. The van der Waals surface area contributed by atoms with Gasteiger partial charge in [-0.05, 0) is 82.6 Å². The summed E-state index contributed by atoms with van der Waals surface area (Å²) in [5, 5.41) is 4.00. The summed E-state index contributed by atoms with van der Waals surface area (Å²) < 4.78 is 21.0. The largest absolute Gasteiger partial charge is 0.462 e. The summed E-state index contributed by atoms with van der Waals surface area (Å²) in [5.41, 5.74) is 0.860. The summed E-state index contributed by atoms with van der Waals surface area (Å²) in [5.74, 6) is 0.163. The highest BCUT2D eigenvalue weighted by molar-refractivity contribution is 14.1. The smallest absolute Gasteiger partial charge is 0.343 e. The number of hydrogen-bond donors (Lipinski definition) is 1. The van der Waals surface area contributed by atoms with Crippen molar-refractivity contribution in [1.82, 2.24) is 4.98 Å². The Hall–Kier alpha value is -0.670. The van der Waals surface area contributed by atoms with Gasteiger partial charge in [0, 0.05) is 15.0 Å². The molecule has 2 aromatic rings. The first kappa shape index (κ1) is 18.7. The Morgan fingerprint density at radius 3 is 2.81 bits per heavy atom. The second-order valence-electron chi connectivity index (χ2n) is 6.76. The molecule has 26 heavy (non-hydrogen) atoms. The Morgan fingerprint density at radius 2 is 2.19 bits per heavy atom. The molecule has 0 spiro atoms. The molecule has 3 aliphatic rings. The molecule has 2 unspecified atom stereocenters. The third kappa shape index (κ3) is 2.90. The number of hydrogen-bond acceptors (Lipinski definition) is 4. The van der Waals surface area contributed by atoms with E-state index in [1.807, 2.05) is 6.07 Å². The molecule has 1 N–H and O–H groups in total. The average Bonchev–Trinajstić information content (AvgIpc) is 3.23.